The molecule has 0 atom stereocenters. The summed E-state index contributed by atoms with van der Waals surface area (Å²) in [7, 11) is 9.18. The number of benzene rings is 4. The van der Waals surface area contributed by atoms with Crippen LogP contribution in [0, 0.1) is 0 Å². The molecule has 33 heavy (non-hydrogen) atoms. The Bertz CT molecular complexity index is 855. The van der Waals surface area contributed by atoms with E-state index in [9.17, 15) is 0 Å². The van der Waals surface area contributed by atoms with Crippen LogP contribution in [0.4, 0.5) is 0 Å². The fourth-order valence-electron chi connectivity index (χ4n) is 3.79. The molecule has 5 heteroatoms. The van der Waals surface area contributed by atoms with Crippen LogP contribution >= 0.6 is 34.7 Å². The van der Waals surface area contributed by atoms with Gasteiger partial charge in [0.05, 0.1) is 0 Å². The summed E-state index contributed by atoms with van der Waals surface area (Å²) < 4.78 is 0. The summed E-state index contributed by atoms with van der Waals surface area (Å²) in [4.78, 5) is 0. The topological polar surface area (TPSA) is 0 Å². The second kappa shape index (κ2) is 15.8. The molecule has 0 saturated heterocycles. The molecule has 0 aromatic heterocycles. The minimum atomic E-state index is -0.472. The van der Waals surface area contributed by atoms with Gasteiger partial charge >= 0.3 is 35.3 Å². The minimum Gasteiger partial charge on any atom is -0.0622 e. The molecule has 0 unspecified atom stereocenters. The normalized spacial score (nSPS) is 10.8. The van der Waals surface area contributed by atoms with Crippen LogP contribution in [0.2, 0.25) is 0 Å². The van der Waals surface area contributed by atoms with Gasteiger partial charge in [-0.3, -0.25) is 0 Å². The Morgan fingerprint density at radius 1 is 0.424 bits per heavy atom. The third-order valence-electron chi connectivity index (χ3n) is 5.28. The molecule has 0 spiro atoms. The van der Waals surface area contributed by atoms with Crippen LogP contribution in [0.25, 0.3) is 0 Å². The van der Waals surface area contributed by atoms with E-state index in [-0.39, 0.29) is 15.8 Å². The average molecular weight is 692 g/mol. The molecule has 0 aliphatic heterocycles. The summed E-state index contributed by atoms with van der Waals surface area (Å²) in [5, 5.41) is 5.97. The summed E-state index contributed by atoms with van der Waals surface area (Å²) in [6, 6.07) is 44.3. The number of halogens is 2. The van der Waals surface area contributed by atoms with Crippen LogP contribution in [-0.2, 0) is 16.5 Å². The molecule has 0 heterocycles. The zero-order valence-electron chi connectivity index (χ0n) is 18.3. The SMILES string of the molecule is [Cl][Pt][Cl].c1ccc(P(CCCCP(c2ccccc2)c2ccccc2)c2ccccc2)cc1. The summed E-state index contributed by atoms with van der Waals surface area (Å²) in [5.41, 5.74) is 0. The summed E-state index contributed by atoms with van der Waals surface area (Å²) in [6.45, 7) is 0. The van der Waals surface area contributed by atoms with Gasteiger partial charge < -0.3 is 0 Å². The molecule has 0 nitrogen and oxygen atoms in total. The Balaban J connectivity index is 0.000000968. The third-order valence-corrected chi connectivity index (χ3v) is 10.5. The van der Waals surface area contributed by atoms with Gasteiger partial charge in [0.2, 0.25) is 0 Å². The van der Waals surface area contributed by atoms with Crippen molar-refractivity contribution in [2.75, 3.05) is 12.3 Å². The zero-order valence-corrected chi connectivity index (χ0v) is 23.9. The van der Waals surface area contributed by atoms with Crippen molar-refractivity contribution in [1.82, 2.24) is 0 Å². The van der Waals surface area contributed by atoms with E-state index in [4.69, 9.17) is 18.8 Å². The van der Waals surface area contributed by atoms with Crippen molar-refractivity contribution >= 4 is 55.9 Å². The van der Waals surface area contributed by atoms with E-state index < -0.39 is 16.5 Å². The van der Waals surface area contributed by atoms with Crippen molar-refractivity contribution in [3.05, 3.63) is 121 Å². The number of rotatable bonds is 9. The second-order valence-corrected chi connectivity index (χ2v) is 15.4. The largest absolute Gasteiger partial charge is 0.0622 e. The van der Waals surface area contributed by atoms with E-state index in [1.165, 1.54) is 46.4 Å². The first kappa shape index (κ1) is 26.6. The zero-order chi connectivity index (χ0) is 23.1. The van der Waals surface area contributed by atoms with Gasteiger partial charge in [-0.15, -0.1) is 0 Å². The van der Waals surface area contributed by atoms with Gasteiger partial charge in [0.1, 0.15) is 0 Å². The molecule has 4 rings (SSSR count). The average Bonchev–Trinajstić information content (AvgIpc) is 2.89. The van der Waals surface area contributed by atoms with Crippen molar-refractivity contribution in [3.8, 4) is 0 Å². The molecule has 0 aliphatic rings. The van der Waals surface area contributed by atoms with E-state index in [0.29, 0.717) is 0 Å². The monoisotopic (exact) mass is 691 g/mol. The van der Waals surface area contributed by atoms with Crippen molar-refractivity contribution in [1.29, 1.82) is 0 Å². The molecule has 0 fully saturated rings. The van der Waals surface area contributed by atoms with Crippen LogP contribution in [0.5, 0.6) is 0 Å². The molecule has 0 N–H and O–H groups in total. The van der Waals surface area contributed by atoms with E-state index >= 15 is 0 Å². The Morgan fingerprint density at radius 2 is 0.636 bits per heavy atom. The van der Waals surface area contributed by atoms with E-state index in [1.54, 1.807) is 0 Å². The summed E-state index contributed by atoms with van der Waals surface area (Å²) in [5.74, 6) is 0. The maximum Gasteiger partial charge on any atom is -0.0195 e. The van der Waals surface area contributed by atoms with E-state index in [0.717, 1.165) is 0 Å². The minimum absolute atomic E-state index is 0.283. The van der Waals surface area contributed by atoms with E-state index in [2.05, 4.69) is 121 Å². The van der Waals surface area contributed by atoms with Crippen LogP contribution in [0.1, 0.15) is 12.8 Å². The van der Waals surface area contributed by atoms with Gasteiger partial charge in [-0.2, -0.15) is 0 Å². The maximum atomic E-state index is 4.88. The second-order valence-electron chi connectivity index (χ2n) is 7.40. The van der Waals surface area contributed by atoms with Crippen molar-refractivity contribution in [2.24, 2.45) is 0 Å². The van der Waals surface area contributed by atoms with Gasteiger partial charge in [-0.05, 0) is 62.2 Å². The molecule has 0 aliphatic carbocycles. The Kier molecular flexibility index (Phi) is 12.8. The summed E-state index contributed by atoms with van der Waals surface area (Å²) >= 11 is -0.472. The van der Waals surface area contributed by atoms with Crippen LogP contribution < -0.4 is 21.2 Å². The molecule has 0 saturated carbocycles. The quantitative estimate of drug-likeness (QED) is 0.127. The maximum absolute atomic E-state index is 4.88. The molecule has 4 aromatic rings. The first-order valence-corrected chi connectivity index (χ1v) is 19.6. The van der Waals surface area contributed by atoms with E-state index in [1.807, 2.05) is 0 Å². The molecule has 0 radical (unpaired) electrons. The standard InChI is InChI=1S/C28H28P2.2ClH.Pt/c1-5-15-25(16-6-1)29(26-17-7-2-8-18-26)23-13-14-24-30(27-19-9-3-10-20-27)28-21-11-4-12-22-28;;;/h1-12,15-22H,13-14,23-24H2;2*1H;/q;;;+2/p-2. The number of unbranched alkanes of at least 4 members (excludes halogenated alkanes) is 1. The fourth-order valence-corrected chi connectivity index (χ4v) is 8.62. The van der Waals surface area contributed by atoms with Crippen LogP contribution in [-0.4, -0.2) is 12.3 Å². The van der Waals surface area contributed by atoms with Gasteiger partial charge in [0.25, 0.3) is 0 Å². The Morgan fingerprint density at radius 3 is 0.848 bits per heavy atom. The van der Waals surface area contributed by atoms with Gasteiger partial charge in [0.15, 0.2) is 0 Å². The first-order chi connectivity index (χ1) is 16.3. The number of hydrogen-bond donors (Lipinski definition) is 0. The van der Waals surface area contributed by atoms with Crippen LogP contribution in [0.15, 0.2) is 121 Å². The fraction of sp³-hybridized carbons (Fsp3) is 0.143. The Hall–Kier alpha value is -0.992. The predicted molar refractivity (Wildman–Crippen MR) is 149 cm³/mol. The summed E-state index contributed by atoms with van der Waals surface area (Å²) in [6.07, 6.45) is 5.06. The Labute approximate surface area is 217 Å². The third kappa shape index (κ3) is 8.95. The molecule has 0 amide bonds. The predicted octanol–water partition coefficient (Wildman–Crippen LogP) is 7.41. The van der Waals surface area contributed by atoms with Gasteiger partial charge in [-0.25, -0.2) is 0 Å². The smallest absolute Gasteiger partial charge is 0.0195 e. The van der Waals surface area contributed by atoms with Crippen molar-refractivity contribution in [3.63, 3.8) is 0 Å². The molecular formula is C28H28Cl2P2Pt. The van der Waals surface area contributed by atoms with Gasteiger partial charge in [-0.1, -0.05) is 121 Å². The first-order valence-electron chi connectivity index (χ1n) is 10.9. The number of hydrogen-bond acceptors (Lipinski definition) is 0. The molecular weight excluding hydrogens is 664 g/mol. The van der Waals surface area contributed by atoms with Crippen LogP contribution in [0.3, 0.4) is 0 Å². The van der Waals surface area contributed by atoms with Crippen molar-refractivity contribution < 1.29 is 16.5 Å². The van der Waals surface area contributed by atoms with Gasteiger partial charge in [0, 0.05) is 0 Å². The molecule has 4 aromatic carbocycles. The molecule has 174 valence electrons. The molecule has 0 bridgehead atoms. The van der Waals surface area contributed by atoms with Crippen molar-refractivity contribution in [2.45, 2.75) is 12.8 Å².